The summed E-state index contributed by atoms with van der Waals surface area (Å²) in [7, 11) is 0. The van der Waals surface area contributed by atoms with E-state index in [1.807, 2.05) is 56.3 Å². The fourth-order valence-electron chi connectivity index (χ4n) is 1.98. The van der Waals surface area contributed by atoms with Crippen LogP contribution in [0.15, 0.2) is 42.5 Å². The van der Waals surface area contributed by atoms with Gasteiger partial charge in [-0.25, -0.2) is 0 Å². The highest BCUT2D eigenvalue weighted by atomic mass is 16.5. The molecule has 0 heterocycles. The molecule has 2 rings (SSSR count). The molecule has 0 unspecified atom stereocenters. The highest BCUT2D eigenvalue weighted by Crippen LogP contribution is 2.32. The Morgan fingerprint density at radius 3 is 2.61 bits per heavy atom. The average Bonchev–Trinajstić information content (AvgIpc) is 2.40. The lowest BCUT2D eigenvalue weighted by Crippen LogP contribution is -1.96. The van der Waals surface area contributed by atoms with Gasteiger partial charge < -0.3 is 4.74 Å². The smallest absolute Gasteiger partial charge is 0.150 e. The number of para-hydroxylation sites is 1. The van der Waals surface area contributed by atoms with Gasteiger partial charge in [0.25, 0.3) is 0 Å². The molecule has 0 saturated carbocycles. The molecule has 0 saturated heterocycles. The van der Waals surface area contributed by atoms with E-state index in [1.165, 1.54) is 0 Å². The van der Waals surface area contributed by atoms with Gasteiger partial charge in [0.05, 0.1) is 6.61 Å². The highest BCUT2D eigenvalue weighted by molar-refractivity contribution is 5.89. The molecule has 0 aliphatic heterocycles. The number of hydrogen-bond acceptors (Lipinski definition) is 2. The average molecular weight is 240 g/mol. The van der Waals surface area contributed by atoms with Crippen molar-refractivity contribution in [3.8, 4) is 16.9 Å². The number of benzene rings is 2. The predicted molar refractivity (Wildman–Crippen MR) is 73.2 cm³/mol. The van der Waals surface area contributed by atoms with Crippen LogP contribution in [0.4, 0.5) is 0 Å². The Labute approximate surface area is 107 Å². The van der Waals surface area contributed by atoms with E-state index in [1.54, 1.807) is 0 Å². The lowest BCUT2D eigenvalue weighted by Gasteiger charge is -2.12. The third-order valence-electron chi connectivity index (χ3n) is 2.81. The van der Waals surface area contributed by atoms with Gasteiger partial charge in [-0.05, 0) is 25.5 Å². The van der Waals surface area contributed by atoms with Crippen LogP contribution in [0, 0.1) is 6.92 Å². The summed E-state index contributed by atoms with van der Waals surface area (Å²) in [4.78, 5) is 11.1. The topological polar surface area (TPSA) is 26.3 Å². The van der Waals surface area contributed by atoms with Crippen molar-refractivity contribution in [2.45, 2.75) is 13.8 Å². The fraction of sp³-hybridized carbons (Fsp3) is 0.188. The molecule has 0 spiro atoms. The van der Waals surface area contributed by atoms with Crippen LogP contribution >= 0.6 is 0 Å². The molecule has 0 amide bonds. The summed E-state index contributed by atoms with van der Waals surface area (Å²) >= 11 is 0. The Balaban J connectivity index is 2.60. The predicted octanol–water partition coefficient (Wildman–Crippen LogP) is 3.87. The summed E-state index contributed by atoms with van der Waals surface area (Å²) in [6.45, 7) is 4.58. The molecule has 0 aliphatic rings. The van der Waals surface area contributed by atoms with Crippen LogP contribution in [0.2, 0.25) is 0 Å². The van der Waals surface area contributed by atoms with Crippen LogP contribution in [0.3, 0.4) is 0 Å². The van der Waals surface area contributed by atoms with E-state index in [0.717, 1.165) is 28.7 Å². The van der Waals surface area contributed by atoms with Gasteiger partial charge in [-0.3, -0.25) is 4.79 Å². The molecule has 0 aromatic heterocycles. The number of carbonyl (C=O) groups excluding carboxylic acids is 1. The van der Waals surface area contributed by atoms with Crippen LogP contribution in [-0.4, -0.2) is 12.9 Å². The summed E-state index contributed by atoms with van der Waals surface area (Å²) in [5, 5.41) is 0. The lowest BCUT2D eigenvalue weighted by molar-refractivity contribution is 0.112. The van der Waals surface area contributed by atoms with E-state index >= 15 is 0 Å². The van der Waals surface area contributed by atoms with E-state index in [0.29, 0.717) is 12.2 Å². The van der Waals surface area contributed by atoms with Gasteiger partial charge in [0.15, 0.2) is 6.29 Å². The third kappa shape index (κ3) is 2.43. The number of aryl methyl sites for hydroxylation is 1. The van der Waals surface area contributed by atoms with E-state index in [2.05, 4.69) is 0 Å². The lowest BCUT2D eigenvalue weighted by atomic mass is 9.97. The molecule has 0 N–H and O–H groups in total. The van der Waals surface area contributed by atoms with Gasteiger partial charge in [-0.1, -0.05) is 42.0 Å². The Morgan fingerprint density at radius 2 is 1.89 bits per heavy atom. The maximum atomic E-state index is 11.1. The van der Waals surface area contributed by atoms with Crippen molar-refractivity contribution < 1.29 is 9.53 Å². The second kappa shape index (κ2) is 5.50. The summed E-state index contributed by atoms with van der Waals surface area (Å²) in [5.74, 6) is 0.814. The first-order valence-electron chi connectivity index (χ1n) is 6.04. The molecule has 2 aromatic carbocycles. The zero-order valence-corrected chi connectivity index (χ0v) is 10.6. The Bertz CT molecular complexity index is 559. The van der Waals surface area contributed by atoms with Crippen molar-refractivity contribution >= 4 is 6.29 Å². The maximum absolute atomic E-state index is 11.1. The minimum absolute atomic E-state index is 0.610. The molecule has 0 radical (unpaired) electrons. The fourth-order valence-corrected chi connectivity index (χ4v) is 1.98. The molecular weight excluding hydrogens is 224 g/mol. The first-order chi connectivity index (χ1) is 8.76. The summed E-state index contributed by atoms with van der Waals surface area (Å²) in [5.41, 5.74) is 3.70. The van der Waals surface area contributed by atoms with Crippen LogP contribution in [0.25, 0.3) is 11.1 Å². The van der Waals surface area contributed by atoms with Crippen molar-refractivity contribution in [2.24, 2.45) is 0 Å². The number of ether oxygens (including phenoxy) is 1. The first-order valence-corrected chi connectivity index (χ1v) is 6.04. The molecular formula is C16H16O2. The second-order valence-electron chi connectivity index (χ2n) is 4.14. The van der Waals surface area contributed by atoms with Crippen molar-refractivity contribution in [1.29, 1.82) is 0 Å². The molecule has 18 heavy (non-hydrogen) atoms. The summed E-state index contributed by atoms with van der Waals surface area (Å²) in [6, 6.07) is 13.6. The van der Waals surface area contributed by atoms with Gasteiger partial charge in [-0.2, -0.15) is 0 Å². The van der Waals surface area contributed by atoms with Crippen LogP contribution in [-0.2, 0) is 0 Å². The normalized spacial score (nSPS) is 10.1. The van der Waals surface area contributed by atoms with Gasteiger partial charge in [0, 0.05) is 11.1 Å². The Morgan fingerprint density at radius 1 is 1.11 bits per heavy atom. The monoisotopic (exact) mass is 240 g/mol. The Hall–Kier alpha value is -2.09. The summed E-state index contributed by atoms with van der Waals surface area (Å²) in [6.07, 6.45) is 0.886. The number of aldehydes is 1. The third-order valence-corrected chi connectivity index (χ3v) is 2.81. The summed E-state index contributed by atoms with van der Waals surface area (Å²) < 4.78 is 5.61. The number of carbonyl (C=O) groups is 1. The number of rotatable bonds is 4. The molecule has 0 bridgehead atoms. The zero-order chi connectivity index (χ0) is 13.0. The van der Waals surface area contributed by atoms with Gasteiger partial charge in [-0.15, -0.1) is 0 Å². The molecule has 2 aromatic rings. The maximum Gasteiger partial charge on any atom is 0.150 e. The molecule has 92 valence electrons. The first kappa shape index (κ1) is 12.4. The van der Waals surface area contributed by atoms with E-state index in [4.69, 9.17) is 4.74 Å². The van der Waals surface area contributed by atoms with Gasteiger partial charge in [0.2, 0.25) is 0 Å². The van der Waals surface area contributed by atoms with Crippen molar-refractivity contribution in [1.82, 2.24) is 0 Å². The van der Waals surface area contributed by atoms with Crippen LogP contribution in [0.1, 0.15) is 22.8 Å². The van der Waals surface area contributed by atoms with E-state index in [9.17, 15) is 4.79 Å². The molecule has 0 fully saturated rings. The Kier molecular flexibility index (Phi) is 3.78. The van der Waals surface area contributed by atoms with Crippen LogP contribution in [0.5, 0.6) is 5.75 Å². The minimum atomic E-state index is 0.610. The molecule has 2 heteroatoms. The van der Waals surface area contributed by atoms with Crippen molar-refractivity contribution in [3.63, 3.8) is 0 Å². The molecule has 0 aliphatic carbocycles. The SMILES string of the molecule is CCOc1ccccc1-c1cc(C)ccc1C=O. The zero-order valence-electron chi connectivity index (χ0n) is 10.6. The molecule has 0 atom stereocenters. The standard InChI is InChI=1S/C16H16O2/c1-3-18-16-7-5-4-6-14(16)15-10-12(2)8-9-13(15)11-17/h4-11H,3H2,1-2H3. The van der Waals surface area contributed by atoms with Gasteiger partial charge in [0.1, 0.15) is 5.75 Å². The van der Waals surface area contributed by atoms with E-state index in [-0.39, 0.29) is 0 Å². The largest absolute Gasteiger partial charge is 0.493 e. The number of hydrogen-bond donors (Lipinski definition) is 0. The van der Waals surface area contributed by atoms with Gasteiger partial charge >= 0.3 is 0 Å². The molecule has 2 nitrogen and oxygen atoms in total. The quantitative estimate of drug-likeness (QED) is 0.758. The minimum Gasteiger partial charge on any atom is -0.493 e. The van der Waals surface area contributed by atoms with Crippen molar-refractivity contribution in [3.05, 3.63) is 53.6 Å². The van der Waals surface area contributed by atoms with Crippen LogP contribution < -0.4 is 4.74 Å². The highest BCUT2D eigenvalue weighted by Gasteiger charge is 2.09. The van der Waals surface area contributed by atoms with E-state index < -0.39 is 0 Å². The second-order valence-corrected chi connectivity index (χ2v) is 4.14. The van der Waals surface area contributed by atoms with Crippen molar-refractivity contribution in [2.75, 3.05) is 6.61 Å².